The van der Waals surface area contributed by atoms with Gasteiger partial charge in [0.1, 0.15) is 5.76 Å². The summed E-state index contributed by atoms with van der Waals surface area (Å²) < 4.78 is 6.94. The van der Waals surface area contributed by atoms with Crippen LogP contribution in [0.4, 0.5) is 5.69 Å². The third-order valence-electron chi connectivity index (χ3n) is 3.48. The van der Waals surface area contributed by atoms with Crippen molar-refractivity contribution < 1.29 is 9.32 Å². The molecule has 0 atom stereocenters. The van der Waals surface area contributed by atoms with Crippen LogP contribution in [0.1, 0.15) is 17.0 Å². The zero-order valence-corrected chi connectivity index (χ0v) is 12.4. The van der Waals surface area contributed by atoms with Crippen LogP contribution in [0.3, 0.4) is 0 Å². The molecule has 0 unspecified atom stereocenters. The zero-order chi connectivity index (χ0) is 15.5. The van der Waals surface area contributed by atoms with Gasteiger partial charge in [-0.05, 0) is 26.0 Å². The number of hydrogen-bond acceptors (Lipinski definition) is 4. The summed E-state index contributed by atoms with van der Waals surface area (Å²) >= 11 is 0. The first-order valence-corrected chi connectivity index (χ1v) is 6.94. The minimum Gasteiger partial charge on any atom is -0.361 e. The Bertz CT molecular complexity index is 771. The second-order valence-electron chi connectivity index (χ2n) is 5.01. The highest BCUT2D eigenvalue weighted by atomic mass is 16.5. The minimum absolute atomic E-state index is 0.109. The summed E-state index contributed by atoms with van der Waals surface area (Å²) in [5, 5.41) is 6.80. The first-order chi connectivity index (χ1) is 10.6. The number of para-hydroxylation sites is 2. The number of carbonyl (C=O) groups excluding carboxylic acids is 1. The van der Waals surface area contributed by atoms with Crippen LogP contribution in [-0.2, 0) is 11.2 Å². The Morgan fingerprint density at radius 1 is 1.32 bits per heavy atom. The van der Waals surface area contributed by atoms with Gasteiger partial charge in [-0.3, -0.25) is 4.79 Å². The van der Waals surface area contributed by atoms with Crippen molar-refractivity contribution in [3.8, 4) is 5.69 Å². The van der Waals surface area contributed by atoms with Gasteiger partial charge in [0.2, 0.25) is 5.91 Å². The minimum atomic E-state index is -0.109. The fraction of sp³-hybridized carbons (Fsp3) is 0.188. The molecule has 2 heterocycles. The lowest BCUT2D eigenvalue weighted by molar-refractivity contribution is -0.115. The van der Waals surface area contributed by atoms with Crippen molar-refractivity contribution in [1.82, 2.24) is 14.7 Å². The molecule has 0 radical (unpaired) electrons. The smallest absolute Gasteiger partial charge is 0.229 e. The molecule has 1 amide bonds. The molecule has 0 aliphatic heterocycles. The van der Waals surface area contributed by atoms with E-state index in [4.69, 9.17) is 4.52 Å². The molecule has 3 aromatic rings. The number of carbonyl (C=O) groups is 1. The molecule has 22 heavy (non-hydrogen) atoms. The Labute approximate surface area is 127 Å². The first kappa shape index (κ1) is 14.1. The largest absolute Gasteiger partial charge is 0.361 e. The number of amides is 1. The van der Waals surface area contributed by atoms with Crippen molar-refractivity contribution >= 4 is 11.6 Å². The van der Waals surface area contributed by atoms with Gasteiger partial charge in [0.25, 0.3) is 0 Å². The number of aromatic nitrogens is 3. The summed E-state index contributed by atoms with van der Waals surface area (Å²) in [6.07, 6.45) is 5.46. The Morgan fingerprint density at radius 2 is 2.14 bits per heavy atom. The van der Waals surface area contributed by atoms with Gasteiger partial charge in [0.05, 0.1) is 29.8 Å². The van der Waals surface area contributed by atoms with Crippen LogP contribution in [0.5, 0.6) is 0 Å². The fourth-order valence-electron chi connectivity index (χ4n) is 2.32. The monoisotopic (exact) mass is 296 g/mol. The second kappa shape index (κ2) is 5.85. The van der Waals surface area contributed by atoms with E-state index in [1.54, 1.807) is 12.5 Å². The predicted molar refractivity (Wildman–Crippen MR) is 81.9 cm³/mol. The van der Waals surface area contributed by atoms with Crippen LogP contribution in [0.2, 0.25) is 0 Å². The van der Waals surface area contributed by atoms with Crippen LogP contribution < -0.4 is 5.32 Å². The number of rotatable bonds is 4. The number of anilines is 1. The molecule has 0 aliphatic carbocycles. The third kappa shape index (κ3) is 2.76. The molecule has 112 valence electrons. The second-order valence-corrected chi connectivity index (χ2v) is 5.01. The van der Waals surface area contributed by atoms with E-state index < -0.39 is 0 Å². The van der Waals surface area contributed by atoms with Crippen molar-refractivity contribution in [3.05, 3.63) is 60.0 Å². The fourth-order valence-corrected chi connectivity index (χ4v) is 2.32. The van der Waals surface area contributed by atoms with E-state index in [9.17, 15) is 4.79 Å². The Balaban J connectivity index is 1.81. The van der Waals surface area contributed by atoms with Crippen LogP contribution in [0, 0.1) is 13.8 Å². The van der Waals surface area contributed by atoms with Crippen LogP contribution in [-0.4, -0.2) is 20.6 Å². The topological polar surface area (TPSA) is 73.0 Å². The van der Waals surface area contributed by atoms with Crippen LogP contribution in [0.25, 0.3) is 5.69 Å². The Morgan fingerprint density at radius 3 is 2.82 bits per heavy atom. The van der Waals surface area contributed by atoms with E-state index in [1.165, 1.54) is 0 Å². The molecule has 0 fully saturated rings. The summed E-state index contributed by atoms with van der Waals surface area (Å²) in [4.78, 5) is 16.3. The number of benzene rings is 1. The lowest BCUT2D eigenvalue weighted by Crippen LogP contribution is -2.16. The van der Waals surface area contributed by atoms with Crippen molar-refractivity contribution in [2.45, 2.75) is 20.3 Å². The van der Waals surface area contributed by atoms with Gasteiger partial charge in [-0.2, -0.15) is 0 Å². The average Bonchev–Trinajstić information content (AvgIpc) is 3.13. The maximum absolute atomic E-state index is 12.3. The number of aryl methyl sites for hydroxylation is 2. The molecule has 0 saturated carbocycles. The van der Waals surface area contributed by atoms with Crippen molar-refractivity contribution in [3.63, 3.8) is 0 Å². The number of nitrogens with one attached hydrogen (secondary N) is 1. The van der Waals surface area contributed by atoms with Crippen LogP contribution in [0.15, 0.2) is 47.5 Å². The quantitative estimate of drug-likeness (QED) is 0.803. The average molecular weight is 296 g/mol. The normalized spacial score (nSPS) is 10.6. The molecule has 3 rings (SSSR count). The van der Waals surface area contributed by atoms with Gasteiger partial charge in [-0.25, -0.2) is 4.98 Å². The Kier molecular flexibility index (Phi) is 3.74. The van der Waals surface area contributed by atoms with Gasteiger partial charge in [-0.1, -0.05) is 17.3 Å². The van der Waals surface area contributed by atoms with E-state index >= 15 is 0 Å². The molecule has 0 spiro atoms. The molecule has 0 bridgehead atoms. The van der Waals surface area contributed by atoms with Gasteiger partial charge in [0, 0.05) is 18.0 Å². The standard InChI is InChI=1S/C16H16N4O2/c1-11-13(12(2)22-19-11)9-16(21)18-14-5-3-4-6-15(14)20-8-7-17-10-20/h3-8,10H,9H2,1-2H3,(H,18,21). The maximum atomic E-state index is 12.3. The maximum Gasteiger partial charge on any atom is 0.229 e. The molecule has 6 heteroatoms. The van der Waals surface area contributed by atoms with Gasteiger partial charge in [0.15, 0.2) is 0 Å². The number of nitrogens with zero attached hydrogens (tertiary/aromatic N) is 3. The summed E-state index contributed by atoms with van der Waals surface area (Å²) in [5.41, 5.74) is 3.18. The third-order valence-corrected chi connectivity index (χ3v) is 3.48. The highest BCUT2D eigenvalue weighted by Crippen LogP contribution is 2.20. The summed E-state index contributed by atoms with van der Waals surface area (Å²) in [6.45, 7) is 3.64. The predicted octanol–water partition coefficient (Wildman–Crippen LogP) is 2.66. The summed E-state index contributed by atoms with van der Waals surface area (Å²) in [5.74, 6) is 0.567. The van der Waals surface area contributed by atoms with Gasteiger partial charge >= 0.3 is 0 Å². The molecular weight excluding hydrogens is 280 g/mol. The Hall–Kier alpha value is -2.89. The molecule has 1 N–H and O–H groups in total. The zero-order valence-electron chi connectivity index (χ0n) is 12.4. The number of imidazole rings is 1. The summed E-state index contributed by atoms with van der Waals surface area (Å²) in [6, 6.07) is 7.58. The molecule has 0 aliphatic rings. The van der Waals surface area contributed by atoms with Crippen molar-refractivity contribution in [2.24, 2.45) is 0 Å². The summed E-state index contributed by atoms with van der Waals surface area (Å²) in [7, 11) is 0. The molecule has 0 saturated heterocycles. The SMILES string of the molecule is Cc1noc(C)c1CC(=O)Nc1ccccc1-n1ccnc1. The van der Waals surface area contributed by atoms with Crippen LogP contribution >= 0.6 is 0 Å². The highest BCUT2D eigenvalue weighted by molar-refractivity contribution is 5.94. The van der Waals surface area contributed by atoms with Gasteiger partial charge < -0.3 is 14.4 Å². The molecular formula is C16H16N4O2. The lowest BCUT2D eigenvalue weighted by Gasteiger charge is -2.11. The molecule has 2 aromatic heterocycles. The van der Waals surface area contributed by atoms with Crippen molar-refractivity contribution in [1.29, 1.82) is 0 Å². The van der Waals surface area contributed by atoms with E-state index in [0.717, 1.165) is 22.6 Å². The van der Waals surface area contributed by atoms with Crippen molar-refractivity contribution in [2.75, 3.05) is 5.32 Å². The lowest BCUT2D eigenvalue weighted by atomic mass is 10.1. The molecule has 6 nitrogen and oxygen atoms in total. The van der Waals surface area contributed by atoms with E-state index in [-0.39, 0.29) is 12.3 Å². The number of hydrogen-bond donors (Lipinski definition) is 1. The van der Waals surface area contributed by atoms with E-state index in [0.29, 0.717) is 5.76 Å². The first-order valence-electron chi connectivity index (χ1n) is 6.94. The van der Waals surface area contributed by atoms with E-state index in [1.807, 2.05) is 48.9 Å². The van der Waals surface area contributed by atoms with E-state index in [2.05, 4.69) is 15.5 Å². The molecule has 1 aromatic carbocycles. The van der Waals surface area contributed by atoms with Gasteiger partial charge in [-0.15, -0.1) is 0 Å². The highest BCUT2D eigenvalue weighted by Gasteiger charge is 2.14.